The van der Waals surface area contributed by atoms with Crippen molar-refractivity contribution >= 4 is 23.4 Å². The highest BCUT2D eigenvalue weighted by Crippen LogP contribution is 2.33. The van der Waals surface area contributed by atoms with E-state index in [9.17, 15) is 14.4 Å². The lowest BCUT2D eigenvalue weighted by molar-refractivity contribution is -0.131. The molecule has 2 heterocycles. The van der Waals surface area contributed by atoms with Crippen molar-refractivity contribution in [3.05, 3.63) is 29.8 Å². The molecule has 5 heteroatoms. The van der Waals surface area contributed by atoms with Crippen molar-refractivity contribution in [3.63, 3.8) is 0 Å². The van der Waals surface area contributed by atoms with Gasteiger partial charge in [-0.05, 0) is 44.2 Å². The summed E-state index contributed by atoms with van der Waals surface area (Å²) >= 11 is 0. The molecule has 1 fully saturated rings. The molecule has 1 unspecified atom stereocenters. The zero-order chi connectivity index (χ0) is 17.3. The van der Waals surface area contributed by atoms with Crippen LogP contribution < -0.4 is 4.90 Å². The quantitative estimate of drug-likeness (QED) is 0.857. The number of nitrogens with zero attached hydrogens (tertiary/aromatic N) is 2. The smallest absolute Gasteiger partial charge is 0.256 e. The average molecular weight is 328 g/mol. The summed E-state index contributed by atoms with van der Waals surface area (Å²) in [5.41, 5.74) is 0.897. The monoisotopic (exact) mass is 328 g/mol. The molecule has 0 aromatic heterocycles. The van der Waals surface area contributed by atoms with E-state index in [1.54, 1.807) is 29.2 Å². The van der Waals surface area contributed by atoms with Gasteiger partial charge in [-0.25, -0.2) is 4.90 Å². The first-order valence-electron chi connectivity index (χ1n) is 8.87. The van der Waals surface area contributed by atoms with E-state index in [1.807, 2.05) is 13.8 Å². The first-order chi connectivity index (χ1) is 11.6. The Labute approximate surface area is 142 Å². The Hall–Kier alpha value is -2.17. The molecule has 0 saturated carbocycles. The molecule has 5 nitrogen and oxygen atoms in total. The first kappa shape index (κ1) is 16.7. The minimum atomic E-state index is -0.517. The molecular formula is C19H24N2O3. The van der Waals surface area contributed by atoms with Crippen molar-refractivity contribution in [2.24, 2.45) is 5.92 Å². The number of hydrogen-bond donors (Lipinski definition) is 0. The van der Waals surface area contributed by atoms with Gasteiger partial charge in [-0.3, -0.25) is 14.4 Å². The number of benzene rings is 1. The number of amides is 3. The molecule has 1 aromatic carbocycles. The third-order valence-electron chi connectivity index (χ3n) is 5.20. The Kier molecular flexibility index (Phi) is 4.69. The number of anilines is 1. The molecule has 3 rings (SSSR count). The van der Waals surface area contributed by atoms with Gasteiger partial charge in [0.15, 0.2) is 0 Å². The fraction of sp³-hybridized carbons (Fsp3) is 0.526. The highest BCUT2D eigenvalue weighted by atomic mass is 16.2. The van der Waals surface area contributed by atoms with Crippen LogP contribution in [0.2, 0.25) is 0 Å². The lowest BCUT2D eigenvalue weighted by atomic mass is 9.98. The molecule has 24 heavy (non-hydrogen) atoms. The SMILES string of the molecule is CCC(CC)C(=O)N1C(=O)C2CCCCN2C(=O)c2ccccc21. The number of piperidine rings is 1. The summed E-state index contributed by atoms with van der Waals surface area (Å²) < 4.78 is 0. The van der Waals surface area contributed by atoms with Crippen LogP contribution in [0.5, 0.6) is 0 Å². The number of fused-ring (bicyclic) bond motifs is 2. The lowest BCUT2D eigenvalue weighted by Gasteiger charge is -2.34. The predicted octanol–water partition coefficient (Wildman–Crippen LogP) is 2.99. The lowest BCUT2D eigenvalue weighted by Crippen LogP contribution is -2.53. The average Bonchev–Trinajstić information content (AvgIpc) is 2.71. The molecule has 0 N–H and O–H groups in total. The van der Waals surface area contributed by atoms with E-state index in [4.69, 9.17) is 0 Å². The maximum atomic E-state index is 13.2. The van der Waals surface area contributed by atoms with Gasteiger partial charge in [-0.1, -0.05) is 26.0 Å². The van der Waals surface area contributed by atoms with Crippen molar-refractivity contribution in [3.8, 4) is 0 Å². The van der Waals surface area contributed by atoms with Crippen LogP contribution in [0, 0.1) is 5.92 Å². The van der Waals surface area contributed by atoms with E-state index in [0.29, 0.717) is 37.1 Å². The van der Waals surface area contributed by atoms with Gasteiger partial charge in [-0.15, -0.1) is 0 Å². The Morgan fingerprint density at radius 3 is 2.58 bits per heavy atom. The molecule has 128 valence electrons. The second-order valence-corrected chi connectivity index (χ2v) is 6.55. The molecule has 0 bridgehead atoms. The maximum absolute atomic E-state index is 13.2. The van der Waals surface area contributed by atoms with Crippen molar-refractivity contribution in [1.29, 1.82) is 0 Å². The topological polar surface area (TPSA) is 57.7 Å². The summed E-state index contributed by atoms with van der Waals surface area (Å²) in [4.78, 5) is 42.1. The number of imide groups is 1. The standard InChI is InChI=1S/C19H24N2O3/c1-3-13(4-2)17(22)21-15-10-6-5-9-14(15)18(23)20-12-8-7-11-16(20)19(21)24/h5-6,9-10,13,16H,3-4,7-8,11-12H2,1-2H3. The highest BCUT2D eigenvalue weighted by molar-refractivity contribution is 6.22. The summed E-state index contributed by atoms with van der Waals surface area (Å²) in [6, 6.07) is 6.47. The van der Waals surface area contributed by atoms with Crippen molar-refractivity contribution in [1.82, 2.24) is 4.90 Å². The van der Waals surface area contributed by atoms with Gasteiger partial charge in [0.1, 0.15) is 6.04 Å². The molecule has 1 aromatic rings. The highest BCUT2D eigenvalue weighted by Gasteiger charge is 2.43. The second-order valence-electron chi connectivity index (χ2n) is 6.55. The van der Waals surface area contributed by atoms with Gasteiger partial charge in [0, 0.05) is 12.5 Å². The molecular weight excluding hydrogens is 304 g/mol. The van der Waals surface area contributed by atoms with Crippen molar-refractivity contribution in [2.75, 3.05) is 11.4 Å². The number of hydrogen-bond acceptors (Lipinski definition) is 3. The third kappa shape index (κ3) is 2.62. The van der Waals surface area contributed by atoms with Crippen LogP contribution in [-0.2, 0) is 9.59 Å². The summed E-state index contributed by atoms with van der Waals surface area (Å²) in [6.45, 7) is 4.49. The zero-order valence-corrected chi connectivity index (χ0v) is 14.3. The minimum Gasteiger partial charge on any atom is -0.327 e. The van der Waals surface area contributed by atoms with E-state index in [0.717, 1.165) is 12.8 Å². The Bertz CT molecular complexity index is 666. The van der Waals surface area contributed by atoms with Gasteiger partial charge in [-0.2, -0.15) is 0 Å². The summed E-state index contributed by atoms with van der Waals surface area (Å²) in [6.07, 6.45) is 3.81. The number of rotatable bonds is 3. The van der Waals surface area contributed by atoms with Crippen molar-refractivity contribution in [2.45, 2.75) is 52.0 Å². The molecule has 2 aliphatic heterocycles. The van der Waals surface area contributed by atoms with Crippen LogP contribution >= 0.6 is 0 Å². The van der Waals surface area contributed by atoms with Crippen LogP contribution in [0.15, 0.2) is 24.3 Å². The summed E-state index contributed by atoms with van der Waals surface area (Å²) in [5.74, 6) is -0.765. The zero-order valence-electron chi connectivity index (χ0n) is 14.3. The molecule has 0 aliphatic carbocycles. The van der Waals surface area contributed by atoms with E-state index in [1.165, 1.54) is 4.90 Å². The van der Waals surface area contributed by atoms with Crippen LogP contribution in [0.4, 0.5) is 5.69 Å². The molecule has 0 spiro atoms. The van der Waals surface area contributed by atoms with Gasteiger partial charge in [0.05, 0.1) is 11.3 Å². The van der Waals surface area contributed by atoms with Gasteiger partial charge in [0.25, 0.3) is 11.8 Å². The van der Waals surface area contributed by atoms with Crippen molar-refractivity contribution < 1.29 is 14.4 Å². The molecule has 1 saturated heterocycles. The van der Waals surface area contributed by atoms with Crippen LogP contribution in [-0.4, -0.2) is 35.2 Å². The summed E-state index contributed by atoms with van der Waals surface area (Å²) in [7, 11) is 0. The van der Waals surface area contributed by atoms with E-state index in [2.05, 4.69) is 0 Å². The largest absolute Gasteiger partial charge is 0.327 e. The Morgan fingerprint density at radius 2 is 1.88 bits per heavy atom. The fourth-order valence-corrected chi connectivity index (χ4v) is 3.75. The number of carbonyl (C=O) groups is 3. The van der Waals surface area contributed by atoms with Crippen LogP contribution in [0.3, 0.4) is 0 Å². The van der Waals surface area contributed by atoms with Crippen LogP contribution in [0.1, 0.15) is 56.3 Å². The first-order valence-corrected chi connectivity index (χ1v) is 8.87. The molecule has 0 radical (unpaired) electrons. The third-order valence-corrected chi connectivity index (χ3v) is 5.20. The normalized spacial score (nSPS) is 20.7. The van der Waals surface area contributed by atoms with Gasteiger partial charge in [0.2, 0.25) is 5.91 Å². The molecule has 3 amide bonds. The van der Waals surface area contributed by atoms with E-state index in [-0.39, 0.29) is 23.6 Å². The van der Waals surface area contributed by atoms with Crippen LogP contribution in [0.25, 0.3) is 0 Å². The van der Waals surface area contributed by atoms with E-state index >= 15 is 0 Å². The Morgan fingerprint density at radius 1 is 1.17 bits per heavy atom. The summed E-state index contributed by atoms with van der Waals surface area (Å²) in [5, 5.41) is 0. The number of carbonyl (C=O) groups excluding carboxylic acids is 3. The molecule has 1 atom stereocenters. The minimum absolute atomic E-state index is 0.136. The number of para-hydroxylation sites is 1. The Balaban J connectivity index is 2.12. The predicted molar refractivity (Wildman–Crippen MR) is 91.7 cm³/mol. The van der Waals surface area contributed by atoms with Gasteiger partial charge < -0.3 is 4.90 Å². The van der Waals surface area contributed by atoms with E-state index < -0.39 is 6.04 Å². The fourth-order valence-electron chi connectivity index (χ4n) is 3.75. The maximum Gasteiger partial charge on any atom is 0.256 e. The van der Waals surface area contributed by atoms with Gasteiger partial charge >= 0.3 is 0 Å². The second kappa shape index (κ2) is 6.75. The molecule has 2 aliphatic rings.